The molecule has 0 unspecified atom stereocenters. The molecule has 0 atom stereocenters. The van der Waals surface area contributed by atoms with Gasteiger partial charge in [0, 0.05) is 38.1 Å². The zero-order chi connectivity index (χ0) is 13.8. The average Bonchev–Trinajstić information content (AvgIpc) is 2.78. The zero-order valence-corrected chi connectivity index (χ0v) is 12.0. The Bertz CT molecular complexity index is 533. The van der Waals surface area contributed by atoms with Gasteiger partial charge in [0.1, 0.15) is 5.65 Å². The van der Waals surface area contributed by atoms with Crippen LogP contribution in [-0.4, -0.2) is 38.6 Å². The predicted octanol–water partition coefficient (Wildman–Crippen LogP) is 2.24. The van der Waals surface area contributed by atoms with Crippen LogP contribution in [0.2, 0.25) is 0 Å². The fourth-order valence-corrected chi connectivity index (χ4v) is 2.28. The number of hydrogen-bond acceptors (Lipinski definition) is 3. The van der Waals surface area contributed by atoms with Gasteiger partial charge in [-0.3, -0.25) is 4.90 Å². The number of fused-ring (bicyclic) bond motifs is 1. The summed E-state index contributed by atoms with van der Waals surface area (Å²) in [6.07, 6.45) is 4.94. The second-order valence-electron chi connectivity index (χ2n) is 5.30. The summed E-state index contributed by atoms with van der Waals surface area (Å²) in [6.45, 7) is 8.42. The summed E-state index contributed by atoms with van der Waals surface area (Å²) in [5, 5.41) is 8.97. The Morgan fingerprint density at radius 2 is 2.21 bits per heavy atom. The van der Waals surface area contributed by atoms with Crippen molar-refractivity contribution in [3.05, 3.63) is 35.8 Å². The minimum absolute atomic E-state index is 0.244. The fourth-order valence-electron chi connectivity index (χ4n) is 2.28. The van der Waals surface area contributed by atoms with Crippen molar-refractivity contribution in [2.24, 2.45) is 0 Å². The van der Waals surface area contributed by atoms with Crippen molar-refractivity contribution in [1.29, 1.82) is 0 Å². The van der Waals surface area contributed by atoms with Gasteiger partial charge in [-0.1, -0.05) is 6.07 Å². The molecule has 0 fully saturated rings. The Kier molecular flexibility index (Phi) is 4.56. The van der Waals surface area contributed by atoms with Gasteiger partial charge in [-0.25, -0.2) is 4.98 Å². The topological polar surface area (TPSA) is 40.8 Å². The van der Waals surface area contributed by atoms with Gasteiger partial charge in [0.15, 0.2) is 0 Å². The molecular formula is C15H23N3O. The standard InChI is InChI=1S/C15H23N3O/c1-12(2)17(8-5-9-19)10-14-11-18-7-4-6-13(3)15(18)16-14/h4,6-7,11-12,19H,5,8-10H2,1-3H3. The first-order valence-electron chi connectivity index (χ1n) is 6.90. The van der Waals surface area contributed by atoms with Gasteiger partial charge < -0.3 is 9.51 Å². The maximum atomic E-state index is 8.97. The van der Waals surface area contributed by atoms with E-state index in [2.05, 4.69) is 42.3 Å². The number of aliphatic hydroxyl groups is 1. The van der Waals surface area contributed by atoms with Crippen LogP contribution in [0.3, 0.4) is 0 Å². The number of aromatic nitrogens is 2. The van der Waals surface area contributed by atoms with E-state index in [1.165, 1.54) is 5.56 Å². The molecule has 19 heavy (non-hydrogen) atoms. The molecule has 2 heterocycles. The second kappa shape index (κ2) is 6.17. The molecule has 1 N–H and O–H groups in total. The Labute approximate surface area is 114 Å². The van der Waals surface area contributed by atoms with Crippen molar-refractivity contribution in [2.45, 2.75) is 39.8 Å². The lowest BCUT2D eigenvalue weighted by molar-refractivity contribution is 0.183. The quantitative estimate of drug-likeness (QED) is 0.867. The molecule has 2 aromatic heterocycles. The van der Waals surface area contributed by atoms with Crippen molar-refractivity contribution in [3.8, 4) is 0 Å². The molecule has 0 amide bonds. The first kappa shape index (κ1) is 14.0. The second-order valence-corrected chi connectivity index (χ2v) is 5.30. The summed E-state index contributed by atoms with van der Waals surface area (Å²) in [4.78, 5) is 7.04. The molecule has 0 aliphatic heterocycles. The zero-order valence-electron chi connectivity index (χ0n) is 12.0. The van der Waals surface area contributed by atoms with E-state index in [-0.39, 0.29) is 6.61 Å². The molecule has 0 aromatic carbocycles. The number of pyridine rings is 1. The van der Waals surface area contributed by atoms with Gasteiger partial charge in [0.25, 0.3) is 0 Å². The van der Waals surface area contributed by atoms with Crippen molar-refractivity contribution < 1.29 is 5.11 Å². The third kappa shape index (κ3) is 3.33. The van der Waals surface area contributed by atoms with Gasteiger partial charge in [-0.2, -0.15) is 0 Å². The molecular weight excluding hydrogens is 238 g/mol. The summed E-state index contributed by atoms with van der Waals surface area (Å²) in [7, 11) is 0. The summed E-state index contributed by atoms with van der Waals surface area (Å²) in [5.74, 6) is 0. The van der Waals surface area contributed by atoms with Gasteiger partial charge in [-0.05, 0) is 38.8 Å². The van der Waals surface area contributed by atoms with Gasteiger partial charge >= 0.3 is 0 Å². The van der Waals surface area contributed by atoms with E-state index in [9.17, 15) is 0 Å². The normalized spacial score (nSPS) is 11.9. The summed E-state index contributed by atoms with van der Waals surface area (Å²) in [5.41, 5.74) is 3.31. The van der Waals surface area contributed by atoms with Gasteiger partial charge in [0.05, 0.1) is 5.69 Å². The number of rotatable bonds is 6. The molecule has 2 rings (SSSR count). The van der Waals surface area contributed by atoms with Gasteiger partial charge in [-0.15, -0.1) is 0 Å². The van der Waals surface area contributed by atoms with E-state index < -0.39 is 0 Å². The molecule has 0 bridgehead atoms. The van der Waals surface area contributed by atoms with Crippen LogP contribution in [0.4, 0.5) is 0 Å². The number of hydrogen-bond donors (Lipinski definition) is 1. The van der Waals surface area contributed by atoms with E-state index >= 15 is 0 Å². The first-order valence-corrected chi connectivity index (χ1v) is 6.90. The highest BCUT2D eigenvalue weighted by molar-refractivity contribution is 5.47. The van der Waals surface area contributed by atoms with E-state index in [0.29, 0.717) is 6.04 Å². The molecule has 0 aliphatic rings. The van der Waals surface area contributed by atoms with Crippen LogP contribution in [0, 0.1) is 6.92 Å². The van der Waals surface area contributed by atoms with Crippen molar-refractivity contribution in [3.63, 3.8) is 0 Å². The number of aliphatic hydroxyl groups excluding tert-OH is 1. The van der Waals surface area contributed by atoms with Crippen LogP contribution in [-0.2, 0) is 6.54 Å². The van der Waals surface area contributed by atoms with E-state index in [1.807, 2.05) is 12.3 Å². The Morgan fingerprint density at radius 3 is 2.84 bits per heavy atom. The maximum absolute atomic E-state index is 8.97. The van der Waals surface area contributed by atoms with Crippen molar-refractivity contribution in [1.82, 2.24) is 14.3 Å². The van der Waals surface area contributed by atoms with Gasteiger partial charge in [0.2, 0.25) is 0 Å². The van der Waals surface area contributed by atoms with E-state index in [0.717, 1.165) is 30.9 Å². The largest absolute Gasteiger partial charge is 0.396 e. The SMILES string of the molecule is Cc1cccn2cc(CN(CCCO)C(C)C)nc12. The molecule has 104 valence electrons. The Hall–Kier alpha value is -1.39. The van der Waals surface area contributed by atoms with Crippen LogP contribution in [0.1, 0.15) is 31.5 Å². The molecule has 4 heteroatoms. The van der Waals surface area contributed by atoms with Crippen LogP contribution >= 0.6 is 0 Å². The van der Waals surface area contributed by atoms with E-state index in [4.69, 9.17) is 10.1 Å². The van der Waals surface area contributed by atoms with Crippen LogP contribution in [0.25, 0.3) is 5.65 Å². The van der Waals surface area contributed by atoms with Crippen LogP contribution in [0.5, 0.6) is 0 Å². The lowest BCUT2D eigenvalue weighted by atomic mass is 10.2. The Morgan fingerprint density at radius 1 is 1.42 bits per heavy atom. The third-order valence-corrected chi connectivity index (χ3v) is 3.43. The predicted molar refractivity (Wildman–Crippen MR) is 77.2 cm³/mol. The lowest BCUT2D eigenvalue weighted by Crippen LogP contribution is -2.31. The molecule has 0 aliphatic carbocycles. The molecule has 2 aromatic rings. The summed E-state index contributed by atoms with van der Waals surface area (Å²) >= 11 is 0. The monoisotopic (exact) mass is 261 g/mol. The molecule has 0 spiro atoms. The Balaban J connectivity index is 2.17. The highest BCUT2D eigenvalue weighted by Gasteiger charge is 2.12. The van der Waals surface area contributed by atoms with Crippen molar-refractivity contribution in [2.75, 3.05) is 13.2 Å². The fraction of sp³-hybridized carbons (Fsp3) is 0.533. The number of imidazole rings is 1. The van der Waals surface area contributed by atoms with Crippen LogP contribution in [0.15, 0.2) is 24.5 Å². The molecule has 4 nitrogen and oxygen atoms in total. The molecule has 0 saturated carbocycles. The lowest BCUT2D eigenvalue weighted by Gasteiger charge is -2.25. The summed E-state index contributed by atoms with van der Waals surface area (Å²) < 4.78 is 2.08. The smallest absolute Gasteiger partial charge is 0.139 e. The minimum atomic E-state index is 0.244. The molecule has 0 radical (unpaired) electrons. The third-order valence-electron chi connectivity index (χ3n) is 3.43. The average molecular weight is 261 g/mol. The van der Waals surface area contributed by atoms with Crippen LogP contribution < -0.4 is 0 Å². The summed E-state index contributed by atoms with van der Waals surface area (Å²) in [6, 6.07) is 4.58. The highest BCUT2D eigenvalue weighted by atomic mass is 16.3. The van der Waals surface area contributed by atoms with Crippen molar-refractivity contribution >= 4 is 5.65 Å². The molecule has 0 saturated heterocycles. The number of aryl methyl sites for hydroxylation is 1. The van der Waals surface area contributed by atoms with E-state index in [1.54, 1.807) is 0 Å². The minimum Gasteiger partial charge on any atom is -0.396 e. The first-order chi connectivity index (χ1) is 9.11. The number of nitrogens with zero attached hydrogens (tertiary/aromatic N) is 3. The maximum Gasteiger partial charge on any atom is 0.139 e. The highest BCUT2D eigenvalue weighted by Crippen LogP contribution is 2.13.